The van der Waals surface area contributed by atoms with Crippen LogP contribution in [-0.2, 0) is 20.7 Å². The summed E-state index contributed by atoms with van der Waals surface area (Å²) in [7, 11) is 0. The third kappa shape index (κ3) is 8.96. The Hall–Kier alpha value is -3.84. The van der Waals surface area contributed by atoms with Crippen LogP contribution in [0.25, 0.3) is 0 Å². The minimum absolute atomic E-state index is 0.0719. The predicted octanol–water partition coefficient (Wildman–Crippen LogP) is 4.72. The van der Waals surface area contributed by atoms with E-state index in [1.165, 1.54) is 0 Å². The van der Waals surface area contributed by atoms with Gasteiger partial charge in [0.1, 0.15) is 12.4 Å². The second-order valence-electron chi connectivity index (χ2n) is 7.59. The molecule has 0 aliphatic rings. The van der Waals surface area contributed by atoms with Crippen molar-refractivity contribution < 1.29 is 19.1 Å². The zero-order valence-electron chi connectivity index (χ0n) is 19.4. The average molecular weight is 462 g/mol. The fraction of sp³-hybridized carbons (Fsp3) is 0.259. The summed E-state index contributed by atoms with van der Waals surface area (Å²) in [6.07, 6.45) is 1.06. The summed E-state index contributed by atoms with van der Waals surface area (Å²) in [6, 6.07) is 24.4. The van der Waals surface area contributed by atoms with Crippen molar-refractivity contribution in [2.24, 2.45) is 0 Å². The molecule has 7 nitrogen and oxygen atoms in total. The Balaban J connectivity index is 1.43. The molecule has 3 aromatic rings. The van der Waals surface area contributed by atoms with Gasteiger partial charge < -0.3 is 25.4 Å². The van der Waals surface area contributed by atoms with Gasteiger partial charge >= 0.3 is 0 Å². The molecule has 0 atom stereocenters. The zero-order valence-corrected chi connectivity index (χ0v) is 19.4. The lowest BCUT2D eigenvalue weighted by molar-refractivity contribution is -0.116. The van der Waals surface area contributed by atoms with E-state index in [-0.39, 0.29) is 18.4 Å². The van der Waals surface area contributed by atoms with E-state index in [4.69, 9.17) is 9.47 Å². The molecule has 0 spiro atoms. The first kappa shape index (κ1) is 24.8. The molecule has 7 heteroatoms. The van der Waals surface area contributed by atoms with Gasteiger partial charge in [0.15, 0.2) is 0 Å². The maximum absolute atomic E-state index is 12.4. The molecule has 3 aromatic carbocycles. The Bertz CT molecular complexity index is 1060. The zero-order chi connectivity index (χ0) is 24.0. The normalized spacial score (nSPS) is 10.4. The third-order valence-electron chi connectivity index (χ3n) is 4.90. The maximum atomic E-state index is 12.4. The summed E-state index contributed by atoms with van der Waals surface area (Å²) < 4.78 is 10.9. The first-order valence-electron chi connectivity index (χ1n) is 11.4. The van der Waals surface area contributed by atoms with Crippen LogP contribution in [0.1, 0.15) is 18.9 Å². The number of ether oxygens (including phenoxy) is 2. The fourth-order valence-electron chi connectivity index (χ4n) is 3.25. The standard InChI is InChI=1S/C27H31N3O4/c1-2-33-16-17-34-25-13-7-10-22(19-25)28-20-27(32)30-24-12-6-11-23(18-24)29-26(31)15-14-21-8-4-3-5-9-21/h3-13,18-19,28H,2,14-17,20H2,1H3,(H,29,31)(H,30,32). The average Bonchev–Trinajstić information content (AvgIpc) is 2.85. The van der Waals surface area contributed by atoms with Crippen molar-refractivity contribution in [3.05, 3.63) is 84.4 Å². The van der Waals surface area contributed by atoms with E-state index in [0.29, 0.717) is 49.8 Å². The van der Waals surface area contributed by atoms with Crippen LogP contribution in [0.2, 0.25) is 0 Å². The Kier molecular flexibility index (Phi) is 9.95. The highest BCUT2D eigenvalue weighted by Gasteiger charge is 2.07. The molecule has 34 heavy (non-hydrogen) atoms. The summed E-state index contributed by atoms with van der Waals surface area (Å²) in [4.78, 5) is 24.7. The Labute approximate surface area is 200 Å². The second kappa shape index (κ2) is 13.6. The topological polar surface area (TPSA) is 88.7 Å². The predicted molar refractivity (Wildman–Crippen MR) is 135 cm³/mol. The largest absolute Gasteiger partial charge is 0.491 e. The first-order valence-corrected chi connectivity index (χ1v) is 11.4. The summed E-state index contributed by atoms with van der Waals surface area (Å²) in [5.41, 5.74) is 3.15. The van der Waals surface area contributed by atoms with Gasteiger partial charge in [0.25, 0.3) is 0 Å². The molecule has 0 saturated carbocycles. The van der Waals surface area contributed by atoms with E-state index in [1.807, 2.05) is 61.5 Å². The third-order valence-corrected chi connectivity index (χ3v) is 4.90. The minimum atomic E-state index is -0.199. The minimum Gasteiger partial charge on any atom is -0.491 e. The van der Waals surface area contributed by atoms with Gasteiger partial charge in [0.05, 0.1) is 13.2 Å². The molecular weight excluding hydrogens is 430 g/mol. The monoisotopic (exact) mass is 461 g/mol. The SMILES string of the molecule is CCOCCOc1cccc(NCC(=O)Nc2cccc(NC(=O)CCc3ccccc3)c2)c1. The molecule has 0 aliphatic carbocycles. The molecule has 0 heterocycles. The molecule has 3 rings (SSSR count). The van der Waals surface area contributed by atoms with Gasteiger partial charge in [0.2, 0.25) is 11.8 Å². The van der Waals surface area contributed by atoms with E-state index in [2.05, 4.69) is 16.0 Å². The number of rotatable bonds is 13. The van der Waals surface area contributed by atoms with Gasteiger partial charge in [0, 0.05) is 36.2 Å². The molecule has 0 radical (unpaired) electrons. The summed E-state index contributed by atoms with van der Waals surface area (Å²) in [5, 5.41) is 8.82. The summed E-state index contributed by atoms with van der Waals surface area (Å²) in [5.74, 6) is 0.438. The van der Waals surface area contributed by atoms with E-state index in [9.17, 15) is 9.59 Å². The molecule has 3 N–H and O–H groups in total. The first-order chi connectivity index (χ1) is 16.6. The van der Waals surface area contributed by atoms with Crippen molar-refractivity contribution in [2.45, 2.75) is 19.8 Å². The maximum Gasteiger partial charge on any atom is 0.243 e. The number of nitrogens with one attached hydrogen (secondary N) is 3. The van der Waals surface area contributed by atoms with Crippen LogP contribution in [0.4, 0.5) is 17.1 Å². The van der Waals surface area contributed by atoms with Gasteiger partial charge in [-0.05, 0) is 49.2 Å². The van der Waals surface area contributed by atoms with Gasteiger partial charge in [-0.15, -0.1) is 0 Å². The Morgan fingerprint density at radius 1 is 0.765 bits per heavy atom. The summed E-state index contributed by atoms with van der Waals surface area (Å²) >= 11 is 0. The van der Waals surface area contributed by atoms with Crippen LogP contribution in [-0.4, -0.2) is 38.2 Å². The van der Waals surface area contributed by atoms with Gasteiger partial charge in [-0.25, -0.2) is 0 Å². The van der Waals surface area contributed by atoms with Crippen LogP contribution in [0.5, 0.6) is 5.75 Å². The van der Waals surface area contributed by atoms with Crippen molar-refractivity contribution in [2.75, 3.05) is 42.3 Å². The van der Waals surface area contributed by atoms with Crippen molar-refractivity contribution >= 4 is 28.9 Å². The van der Waals surface area contributed by atoms with Crippen molar-refractivity contribution in [1.82, 2.24) is 0 Å². The lowest BCUT2D eigenvalue weighted by Crippen LogP contribution is -2.22. The van der Waals surface area contributed by atoms with E-state index < -0.39 is 0 Å². The lowest BCUT2D eigenvalue weighted by Gasteiger charge is -2.11. The highest BCUT2D eigenvalue weighted by Crippen LogP contribution is 2.18. The van der Waals surface area contributed by atoms with Gasteiger partial charge in [-0.2, -0.15) is 0 Å². The molecule has 2 amide bonds. The number of anilines is 3. The molecule has 0 aliphatic heterocycles. The second-order valence-corrected chi connectivity index (χ2v) is 7.59. The Morgan fingerprint density at radius 2 is 1.47 bits per heavy atom. The highest BCUT2D eigenvalue weighted by atomic mass is 16.5. The molecular formula is C27H31N3O4. The van der Waals surface area contributed by atoms with E-state index in [1.54, 1.807) is 24.3 Å². The number of amides is 2. The summed E-state index contributed by atoms with van der Waals surface area (Å²) in [6.45, 7) is 3.69. The number of carbonyl (C=O) groups is 2. The van der Waals surface area contributed by atoms with Crippen LogP contribution >= 0.6 is 0 Å². The number of aryl methyl sites for hydroxylation is 1. The van der Waals surface area contributed by atoms with Gasteiger partial charge in [-0.1, -0.05) is 42.5 Å². The molecule has 0 bridgehead atoms. The quantitative estimate of drug-likeness (QED) is 0.321. The number of carbonyl (C=O) groups excluding carboxylic acids is 2. The van der Waals surface area contributed by atoms with E-state index in [0.717, 1.165) is 11.3 Å². The fourth-order valence-corrected chi connectivity index (χ4v) is 3.25. The number of hydrogen-bond acceptors (Lipinski definition) is 5. The van der Waals surface area contributed by atoms with Crippen LogP contribution in [0, 0.1) is 0 Å². The van der Waals surface area contributed by atoms with Crippen LogP contribution < -0.4 is 20.7 Å². The van der Waals surface area contributed by atoms with E-state index >= 15 is 0 Å². The molecule has 0 saturated heterocycles. The molecule has 178 valence electrons. The number of benzene rings is 3. The molecule has 0 aromatic heterocycles. The van der Waals surface area contributed by atoms with Gasteiger partial charge in [-0.3, -0.25) is 9.59 Å². The van der Waals surface area contributed by atoms with Crippen LogP contribution in [0.15, 0.2) is 78.9 Å². The van der Waals surface area contributed by atoms with Crippen molar-refractivity contribution in [1.29, 1.82) is 0 Å². The van der Waals surface area contributed by atoms with Crippen LogP contribution in [0.3, 0.4) is 0 Å². The van der Waals surface area contributed by atoms with Crippen molar-refractivity contribution in [3.8, 4) is 5.75 Å². The number of hydrogen-bond donors (Lipinski definition) is 3. The molecule has 0 unspecified atom stereocenters. The Morgan fingerprint density at radius 3 is 2.24 bits per heavy atom. The lowest BCUT2D eigenvalue weighted by atomic mass is 10.1. The molecule has 0 fully saturated rings. The van der Waals surface area contributed by atoms with Crippen molar-refractivity contribution in [3.63, 3.8) is 0 Å². The highest BCUT2D eigenvalue weighted by molar-refractivity contribution is 5.95. The smallest absolute Gasteiger partial charge is 0.243 e.